The molecule has 2 aromatic rings. The van der Waals surface area contributed by atoms with E-state index in [2.05, 4.69) is 27.8 Å². The van der Waals surface area contributed by atoms with Gasteiger partial charge in [-0.05, 0) is 44.4 Å². The van der Waals surface area contributed by atoms with Gasteiger partial charge >= 0.3 is 0 Å². The molecule has 1 saturated carbocycles. The predicted octanol–water partition coefficient (Wildman–Crippen LogP) is 3.50. The van der Waals surface area contributed by atoms with Crippen LogP contribution in [0, 0.1) is 0 Å². The SMILES string of the molecule is CCCC(C)NC(=O)CSc1nnc(C2CC2)n1-c1cccc(NC(C)=O)c1. The summed E-state index contributed by atoms with van der Waals surface area (Å²) in [4.78, 5) is 23.6. The van der Waals surface area contributed by atoms with Gasteiger partial charge in [-0.1, -0.05) is 31.2 Å². The van der Waals surface area contributed by atoms with Gasteiger partial charge in [0.15, 0.2) is 5.16 Å². The summed E-state index contributed by atoms with van der Waals surface area (Å²) in [6.45, 7) is 5.61. The molecular formula is C20H27N5O2S. The molecule has 1 heterocycles. The molecule has 0 saturated heterocycles. The monoisotopic (exact) mass is 401 g/mol. The van der Waals surface area contributed by atoms with Crippen LogP contribution in [0.25, 0.3) is 5.69 Å². The van der Waals surface area contributed by atoms with Crippen molar-refractivity contribution in [1.29, 1.82) is 0 Å². The molecular weight excluding hydrogens is 374 g/mol. The van der Waals surface area contributed by atoms with E-state index in [0.717, 1.165) is 42.9 Å². The van der Waals surface area contributed by atoms with Gasteiger partial charge in [0.05, 0.1) is 11.4 Å². The van der Waals surface area contributed by atoms with Gasteiger partial charge in [-0.2, -0.15) is 0 Å². The van der Waals surface area contributed by atoms with Crippen LogP contribution in [0.3, 0.4) is 0 Å². The van der Waals surface area contributed by atoms with Crippen molar-refractivity contribution in [3.05, 3.63) is 30.1 Å². The van der Waals surface area contributed by atoms with Gasteiger partial charge in [-0.3, -0.25) is 14.2 Å². The highest BCUT2D eigenvalue weighted by atomic mass is 32.2. The number of nitrogens with zero attached hydrogens (tertiary/aromatic N) is 3. The lowest BCUT2D eigenvalue weighted by Gasteiger charge is -2.13. The van der Waals surface area contributed by atoms with Crippen LogP contribution >= 0.6 is 11.8 Å². The Labute approximate surface area is 169 Å². The van der Waals surface area contributed by atoms with Crippen LogP contribution in [0.4, 0.5) is 5.69 Å². The first-order chi connectivity index (χ1) is 13.5. The van der Waals surface area contributed by atoms with E-state index in [0.29, 0.717) is 16.8 Å². The van der Waals surface area contributed by atoms with Crippen LogP contribution in [-0.4, -0.2) is 38.4 Å². The molecule has 1 unspecified atom stereocenters. The fourth-order valence-corrected chi connectivity index (χ4v) is 3.87. The second-order valence-electron chi connectivity index (χ2n) is 7.23. The van der Waals surface area contributed by atoms with Gasteiger partial charge in [0.2, 0.25) is 11.8 Å². The first-order valence-electron chi connectivity index (χ1n) is 9.73. The number of anilines is 1. The summed E-state index contributed by atoms with van der Waals surface area (Å²) < 4.78 is 2.01. The second-order valence-corrected chi connectivity index (χ2v) is 8.17. The van der Waals surface area contributed by atoms with Crippen molar-refractivity contribution in [2.24, 2.45) is 0 Å². The summed E-state index contributed by atoms with van der Waals surface area (Å²) in [5, 5.41) is 15.3. The molecule has 1 aromatic carbocycles. The minimum Gasteiger partial charge on any atom is -0.353 e. The van der Waals surface area contributed by atoms with Crippen molar-refractivity contribution in [2.45, 2.75) is 63.6 Å². The van der Waals surface area contributed by atoms with Gasteiger partial charge < -0.3 is 10.6 Å². The third-order valence-corrected chi connectivity index (χ3v) is 5.42. The predicted molar refractivity (Wildman–Crippen MR) is 111 cm³/mol. The fourth-order valence-electron chi connectivity index (χ4n) is 3.10. The maximum absolute atomic E-state index is 12.2. The zero-order valence-electron chi connectivity index (χ0n) is 16.6. The Hall–Kier alpha value is -2.35. The molecule has 1 aliphatic rings. The van der Waals surface area contributed by atoms with Gasteiger partial charge in [-0.15, -0.1) is 10.2 Å². The number of nitrogens with one attached hydrogen (secondary N) is 2. The highest BCUT2D eigenvalue weighted by Crippen LogP contribution is 2.41. The molecule has 0 aliphatic heterocycles. The number of carbonyl (C=O) groups excluding carboxylic acids is 2. The molecule has 28 heavy (non-hydrogen) atoms. The van der Waals surface area contributed by atoms with Crippen LogP contribution in [0.2, 0.25) is 0 Å². The fraction of sp³-hybridized carbons (Fsp3) is 0.500. The zero-order chi connectivity index (χ0) is 20.1. The van der Waals surface area contributed by atoms with Crippen LogP contribution in [0.15, 0.2) is 29.4 Å². The number of hydrogen-bond acceptors (Lipinski definition) is 5. The molecule has 0 bridgehead atoms. The highest BCUT2D eigenvalue weighted by Gasteiger charge is 2.31. The standard InChI is InChI=1S/C20H27N5O2S/c1-4-6-13(2)21-18(27)12-28-20-24-23-19(15-9-10-15)25(20)17-8-5-7-16(11-17)22-14(3)26/h5,7-8,11,13,15H,4,6,9-10,12H2,1-3H3,(H,21,27)(H,22,26). The molecule has 0 spiro atoms. The number of aromatic nitrogens is 3. The molecule has 2 amide bonds. The van der Waals surface area contributed by atoms with E-state index in [1.165, 1.54) is 18.7 Å². The van der Waals surface area contributed by atoms with E-state index in [-0.39, 0.29) is 17.9 Å². The molecule has 0 radical (unpaired) electrons. The van der Waals surface area contributed by atoms with Gasteiger partial charge in [0.1, 0.15) is 5.82 Å². The highest BCUT2D eigenvalue weighted by molar-refractivity contribution is 7.99. The summed E-state index contributed by atoms with van der Waals surface area (Å²) in [5.74, 6) is 1.51. The molecule has 2 N–H and O–H groups in total. The number of hydrogen-bond donors (Lipinski definition) is 2. The Morgan fingerprint density at radius 2 is 2.11 bits per heavy atom. The van der Waals surface area contributed by atoms with E-state index in [1.54, 1.807) is 0 Å². The zero-order valence-corrected chi connectivity index (χ0v) is 17.4. The largest absolute Gasteiger partial charge is 0.353 e. The Balaban J connectivity index is 1.78. The summed E-state index contributed by atoms with van der Waals surface area (Å²) in [7, 11) is 0. The molecule has 150 valence electrons. The molecule has 1 aromatic heterocycles. The number of benzene rings is 1. The van der Waals surface area contributed by atoms with Crippen LogP contribution in [0.5, 0.6) is 0 Å². The minimum atomic E-state index is -0.115. The van der Waals surface area contributed by atoms with E-state index < -0.39 is 0 Å². The first-order valence-corrected chi connectivity index (χ1v) is 10.7. The lowest BCUT2D eigenvalue weighted by molar-refractivity contribution is -0.119. The molecule has 3 rings (SSSR count). The summed E-state index contributed by atoms with van der Waals surface area (Å²) in [6, 6.07) is 7.79. The molecule has 1 fully saturated rings. The average Bonchev–Trinajstić information content (AvgIpc) is 3.39. The number of thioether (sulfide) groups is 1. The number of carbonyl (C=O) groups is 2. The van der Waals surface area contributed by atoms with Crippen LogP contribution in [-0.2, 0) is 9.59 Å². The number of amides is 2. The molecule has 1 aliphatic carbocycles. The van der Waals surface area contributed by atoms with Gasteiger partial charge in [-0.25, -0.2) is 0 Å². The molecule has 1 atom stereocenters. The minimum absolute atomic E-state index is 0.000434. The van der Waals surface area contributed by atoms with E-state index in [4.69, 9.17) is 0 Å². The van der Waals surface area contributed by atoms with Crippen molar-refractivity contribution in [3.63, 3.8) is 0 Å². The Morgan fingerprint density at radius 1 is 1.32 bits per heavy atom. The second kappa shape index (κ2) is 9.23. The molecule has 7 nitrogen and oxygen atoms in total. The average molecular weight is 402 g/mol. The maximum atomic E-state index is 12.2. The summed E-state index contributed by atoms with van der Waals surface area (Å²) in [5.41, 5.74) is 1.61. The van der Waals surface area contributed by atoms with E-state index >= 15 is 0 Å². The van der Waals surface area contributed by atoms with Crippen molar-refractivity contribution in [1.82, 2.24) is 20.1 Å². The lowest BCUT2D eigenvalue weighted by atomic mass is 10.2. The van der Waals surface area contributed by atoms with Crippen molar-refractivity contribution < 1.29 is 9.59 Å². The van der Waals surface area contributed by atoms with Gasteiger partial charge in [0, 0.05) is 24.6 Å². The smallest absolute Gasteiger partial charge is 0.230 e. The van der Waals surface area contributed by atoms with Crippen molar-refractivity contribution in [2.75, 3.05) is 11.1 Å². The lowest BCUT2D eigenvalue weighted by Crippen LogP contribution is -2.33. The van der Waals surface area contributed by atoms with Crippen LogP contribution < -0.4 is 10.6 Å². The Morgan fingerprint density at radius 3 is 2.79 bits per heavy atom. The third-order valence-electron chi connectivity index (χ3n) is 4.49. The Kier molecular flexibility index (Phi) is 6.72. The van der Waals surface area contributed by atoms with Crippen LogP contribution in [0.1, 0.15) is 58.2 Å². The summed E-state index contributed by atoms with van der Waals surface area (Å²) >= 11 is 1.39. The van der Waals surface area contributed by atoms with Crippen molar-refractivity contribution in [3.8, 4) is 5.69 Å². The Bertz CT molecular complexity index is 847. The quantitative estimate of drug-likeness (QED) is 0.628. The first kappa shape index (κ1) is 20.4. The summed E-state index contributed by atoms with van der Waals surface area (Å²) in [6.07, 6.45) is 4.21. The van der Waals surface area contributed by atoms with Crippen molar-refractivity contribution >= 4 is 29.3 Å². The van der Waals surface area contributed by atoms with E-state index in [1.807, 2.05) is 35.8 Å². The third kappa shape index (κ3) is 5.34. The van der Waals surface area contributed by atoms with E-state index in [9.17, 15) is 9.59 Å². The van der Waals surface area contributed by atoms with Gasteiger partial charge in [0.25, 0.3) is 0 Å². The maximum Gasteiger partial charge on any atom is 0.230 e. The normalized spacial score (nSPS) is 14.5. The number of rotatable bonds is 9. The molecule has 8 heteroatoms. The topological polar surface area (TPSA) is 88.9 Å².